The van der Waals surface area contributed by atoms with Crippen LogP contribution in [0, 0.1) is 17.0 Å². The van der Waals surface area contributed by atoms with Crippen molar-refractivity contribution in [3.05, 3.63) is 57.1 Å². The van der Waals surface area contributed by atoms with Gasteiger partial charge in [-0.05, 0) is 24.6 Å². The number of nitrogens with zero attached hydrogens (tertiary/aromatic N) is 2. The van der Waals surface area contributed by atoms with Gasteiger partial charge in [-0.25, -0.2) is 4.79 Å². The van der Waals surface area contributed by atoms with E-state index in [1.165, 1.54) is 20.3 Å². The smallest absolute Gasteiger partial charge is 0.343 e. The molecule has 24 heavy (non-hydrogen) atoms. The van der Waals surface area contributed by atoms with E-state index in [2.05, 4.69) is 15.0 Å². The Morgan fingerprint density at radius 2 is 2.04 bits per heavy atom. The zero-order valence-corrected chi connectivity index (χ0v) is 13.5. The first-order valence-electron chi connectivity index (χ1n) is 7.08. The number of hydrogen-bond acceptors (Lipinski definition) is 7. The number of carbonyl (C=O) groups is 1. The van der Waals surface area contributed by atoms with Crippen LogP contribution in [0.5, 0.6) is 5.88 Å². The zero-order chi connectivity index (χ0) is 17.7. The quantitative estimate of drug-likeness (QED) is 0.493. The van der Waals surface area contributed by atoms with Crippen molar-refractivity contribution in [2.45, 2.75) is 13.5 Å². The predicted octanol–water partition coefficient (Wildman–Crippen LogP) is 2.71. The van der Waals surface area contributed by atoms with Crippen molar-refractivity contribution in [3.63, 3.8) is 0 Å². The molecule has 0 aliphatic rings. The molecular formula is C16H17N3O5. The number of pyridine rings is 1. The minimum atomic E-state index is -0.541. The van der Waals surface area contributed by atoms with Crippen LogP contribution in [0.1, 0.15) is 21.5 Å². The van der Waals surface area contributed by atoms with Gasteiger partial charge in [-0.3, -0.25) is 10.1 Å². The number of aromatic nitrogens is 1. The fourth-order valence-corrected chi connectivity index (χ4v) is 2.20. The van der Waals surface area contributed by atoms with E-state index in [1.807, 2.05) is 0 Å². The van der Waals surface area contributed by atoms with E-state index < -0.39 is 10.9 Å². The van der Waals surface area contributed by atoms with Gasteiger partial charge in [0.2, 0.25) is 5.88 Å². The SMILES string of the molecule is COC(=O)c1ccc(NCc2cccc([N+](=O)[O-])c2C)nc1OC. The zero-order valence-electron chi connectivity index (χ0n) is 13.5. The average molecular weight is 331 g/mol. The summed E-state index contributed by atoms with van der Waals surface area (Å²) >= 11 is 0. The lowest BCUT2D eigenvalue weighted by Gasteiger charge is -2.11. The van der Waals surface area contributed by atoms with Gasteiger partial charge in [0.25, 0.3) is 5.69 Å². The number of nitro benzene ring substituents is 1. The number of rotatable bonds is 6. The minimum Gasteiger partial charge on any atom is -0.480 e. The number of anilines is 1. The van der Waals surface area contributed by atoms with Crippen LogP contribution in [0.15, 0.2) is 30.3 Å². The highest BCUT2D eigenvalue weighted by Crippen LogP contribution is 2.23. The van der Waals surface area contributed by atoms with Gasteiger partial charge in [0, 0.05) is 18.2 Å². The fraction of sp³-hybridized carbons (Fsp3) is 0.250. The Morgan fingerprint density at radius 1 is 1.29 bits per heavy atom. The molecule has 1 heterocycles. The van der Waals surface area contributed by atoms with E-state index >= 15 is 0 Å². The maximum Gasteiger partial charge on any atom is 0.343 e. The van der Waals surface area contributed by atoms with Gasteiger partial charge >= 0.3 is 5.97 Å². The first kappa shape index (κ1) is 17.2. The second-order valence-electron chi connectivity index (χ2n) is 4.92. The first-order valence-corrected chi connectivity index (χ1v) is 7.08. The number of nitro groups is 1. The number of nitrogens with one attached hydrogen (secondary N) is 1. The van der Waals surface area contributed by atoms with Crippen molar-refractivity contribution in [1.29, 1.82) is 0 Å². The van der Waals surface area contributed by atoms with Gasteiger partial charge < -0.3 is 14.8 Å². The topological polar surface area (TPSA) is 104 Å². The Hall–Kier alpha value is -3.16. The molecule has 0 unspecified atom stereocenters. The van der Waals surface area contributed by atoms with Crippen molar-refractivity contribution in [2.24, 2.45) is 0 Å². The van der Waals surface area contributed by atoms with Gasteiger partial charge in [-0.15, -0.1) is 0 Å². The van der Waals surface area contributed by atoms with Crippen LogP contribution >= 0.6 is 0 Å². The van der Waals surface area contributed by atoms with Crippen LogP contribution < -0.4 is 10.1 Å². The Morgan fingerprint density at radius 3 is 2.67 bits per heavy atom. The van der Waals surface area contributed by atoms with E-state index in [9.17, 15) is 14.9 Å². The Kier molecular flexibility index (Phi) is 5.31. The molecule has 0 radical (unpaired) electrons. The molecule has 1 N–H and O–H groups in total. The Balaban J connectivity index is 2.20. The van der Waals surface area contributed by atoms with E-state index in [0.29, 0.717) is 17.9 Å². The van der Waals surface area contributed by atoms with Crippen LogP contribution in [0.4, 0.5) is 11.5 Å². The van der Waals surface area contributed by atoms with Gasteiger partial charge in [-0.1, -0.05) is 12.1 Å². The molecular weight excluding hydrogens is 314 g/mol. The molecule has 0 saturated carbocycles. The first-order chi connectivity index (χ1) is 11.5. The third kappa shape index (κ3) is 3.60. The number of ether oxygens (including phenoxy) is 2. The van der Waals surface area contributed by atoms with Gasteiger partial charge in [0.05, 0.1) is 19.1 Å². The van der Waals surface area contributed by atoms with Gasteiger partial charge in [-0.2, -0.15) is 4.98 Å². The molecule has 0 fully saturated rings. The lowest BCUT2D eigenvalue weighted by molar-refractivity contribution is -0.385. The third-order valence-corrected chi connectivity index (χ3v) is 3.53. The van der Waals surface area contributed by atoms with E-state index in [1.54, 1.807) is 31.2 Å². The predicted molar refractivity (Wildman–Crippen MR) is 87.3 cm³/mol. The van der Waals surface area contributed by atoms with Crippen molar-refractivity contribution in [1.82, 2.24) is 4.98 Å². The standard InChI is InChI=1S/C16H17N3O5/c1-10-11(5-4-6-13(10)19(21)22)9-17-14-8-7-12(16(20)24-3)15(18-14)23-2/h4-8H,9H2,1-3H3,(H,17,18). The lowest BCUT2D eigenvalue weighted by atomic mass is 10.1. The molecule has 0 atom stereocenters. The highest BCUT2D eigenvalue weighted by atomic mass is 16.6. The van der Waals surface area contributed by atoms with Crippen molar-refractivity contribution >= 4 is 17.5 Å². The molecule has 0 aliphatic heterocycles. The summed E-state index contributed by atoms with van der Waals surface area (Å²) in [6.07, 6.45) is 0. The number of benzene rings is 1. The number of esters is 1. The molecule has 0 bridgehead atoms. The van der Waals surface area contributed by atoms with Crippen molar-refractivity contribution in [3.8, 4) is 5.88 Å². The number of carbonyl (C=O) groups excluding carboxylic acids is 1. The molecule has 0 amide bonds. The molecule has 2 rings (SSSR count). The highest BCUT2D eigenvalue weighted by molar-refractivity contribution is 5.92. The Bertz CT molecular complexity index is 776. The third-order valence-electron chi connectivity index (χ3n) is 3.53. The summed E-state index contributed by atoms with van der Waals surface area (Å²) in [5.74, 6) is 0.0773. The van der Waals surface area contributed by atoms with Crippen LogP contribution in [0.25, 0.3) is 0 Å². The lowest BCUT2D eigenvalue weighted by Crippen LogP contribution is -2.08. The fourth-order valence-electron chi connectivity index (χ4n) is 2.20. The van der Waals surface area contributed by atoms with Crippen molar-refractivity contribution < 1.29 is 19.2 Å². The number of hydrogen-bond donors (Lipinski definition) is 1. The van der Waals surface area contributed by atoms with Crippen LogP contribution in [0.2, 0.25) is 0 Å². The second kappa shape index (κ2) is 7.40. The molecule has 0 spiro atoms. The summed E-state index contributed by atoms with van der Waals surface area (Å²) in [7, 11) is 2.68. The summed E-state index contributed by atoms with van der Waals surface area (Å²) in [4.78, 5) is 26.4. The van der Waals surface area contributed by atoms with E-state index in [4.69, 9.17) is 4.74 Å². The molecule has 126 valence electrons. The van der Waals surface area contributed by atoms with Crippen LogP contribution in [-0.4, -0.2) is 30.1 Å². The number of methoxy groups -OCH3 is 2. The molecule has 0 saturated heterocycles. The van der Waals surface area contributed by atoms with Gasteiger partial charge in [0.1, 0.15) is 11.4 Å². The molecule has 1 aromatic carbocycles. The maximum atomic E-state index is 11.6. The molecule has 1 aromatic heterocycles. The normalized spacial score (nSPS) is 10.1. The summed E-state index contributed by atoms with van der Waals surface area (Å²) in [6.45, 7) is 2.05. The second-order valence-corrected chi connectivity index (χ2v) is 4.92. The summed E-state index contributed by atoms with van der Waals surface area (Å²) in [5, 5.41) is 14.0. The average Bonchev–Trinajstić information content (AvgIpc) is 2.59. The molecule has 8 nitrogen and oxygen atoms in total. The van der Waals surface area contributed by atoms with E-state index in [-0.39, 0.29) is 17.1 Å². The monoisotopic (exact) mass is 331 g/mol. The Labute approximate surface area is 138 Å². The van der Waals surface area contributed by atoms with Gasteiger partial charge in [0.15, 0.2) is 0 Å². The largest absolute Gasteiger partial charge is 0.480 e. The maximum absolute atomic E-state index is 11.6. The molecule has 0 aliphatic carbocycles. The van der Waals surface area contributed by atoms with Crippen molar-refractivity contribution in [2.75, 3.05) is 19.5 Å². The highest BCUT2D eigenvalue weighted by Gasteiger charge is 2.16. The summed E-state index contributed by atoms with van der Waals surface area (Å²) in [6, 6.07) is 8.05. The van der Waals surface area contributed by atoms with Crippen LogP contribution in [0.3, 0.4) is 0 Å². The molecule has 2 aromatic rings. The molecule has 8 heteroatoms. The summed E-state index contributed by atoms with van der Waals surface area (Å²) in [5.41, 5.74) is 1.66. The summed E-state index contributed by atoms with van der Waals surface area (Å²) < 4.78 is 9.75. The minimum absolute atomic E-state index is 0.0703. The van der Waals surface area contributed by atoms with E-state index in [0.717, 1.165) is 5.56 Å². The van der Waals surface area contributed by atoms with Crippen LogP contribution in [-0.2, 0) is 11.3 Å².